The Labute approximate surface area is 155 Å². The van der Waals surface area contributed by atoms with Gasteiger partial charge in [-0.1, -0.05) is 28.1 Å². The summed E-state index contributed by atoms with van der Waals surface area (Å²) in [6.07, 6.45) is 0.262. The molecule has 25 heavy (non-hydrogen) atoms. The second-order valence-corrected chi connectivity index (χ2v) is 6.84. The summed E-state index contributed by atoms with van der Waals surface area (Å²) in [5.74, 6) is 0.991. The first-order valence-corrected chi connectivity index (χ1v) is 8.65. The second-order valence-electron chi connectivity index (χ2n) is 5.47. The average Bonchev–Trinajstić information content (AvgIpc) is 2.62. The predicted octanol–water partition coefficient (Wildman–Crippen LogP) is 3.85. The summed E-state index contributed by atoms with van der Waals surface area (Å²) in [4.78, 5) is 24.1. The van der Waals surface area contributed by atoms with Gasteiger partial charge in [0.25, 0.3) is 0 Å². The smallest absolute Gasteiger partial charge is 0.237 e. The third kappa shape index (κ3) is 5.06. The molecule has 1 atom stereocenters. The molecule has 0 aliphatic heterocycles. The molecule has 2 aromatic rings. The van der Waals surface area contributed by atoms with Gasteiger partial charge in [0.1, 0.15) is 11.5 Å². The Morgan fingerprint density at radius 3 is 2.32 bits per heavy atom. The van der Waals surface area contributed by atoms with Crippen molar-refractivity contribution in [3.8, 4) is 11.5 Å². The summed E-state index contributed by atoms with van der Waals surface area (Å²) in [7, 11) is 3.11. The molecule has 5 nitrogen and oxygen atoms in total. The lowest BCUT2D eigenvalue weighted by atomic mass is 10.0. The molecule has 0 aliphatic rings. The molecular formula is C19H20BrNO4. The number of rotatable bonds is 7. The number of Topliss-reactive ketones (excluding diaryl/α,β-unsaturated/α-hetero) is 1. The van der Waals surface area contributed by atoms with Gasteiger partial charge >= 0.3 is 0 Å². The molecule has 132 valence electrons. The Hall–Kier alpha value is -2.34. The van der Waals surface area contributed by atoms with Crippen LogP contribution < -0.4 is 14.8 Å². The number of halogens is 1. The normalized spacial score (nSPS) is 11.5. The molecule has 1 unspecified atom stereocenters. The van der Waals surface area contributed by atoms with Crippen molar-refractivity contribution in [2.75, 3.05) is 19.5 Å². The van der Waals surface area contributed by atoms with Crippen molar-refractivity contribution in [3.05, 3.63) is 53.6 Å². The summed E-state index contributed by atoms with van der Waals surface area (Å²) >= 11 is 3.22. The zero-order valence-electron chi connectivity index (χ0n) is 14.3. The average molecular weight is 406 g/mol. The van der Waals surface area contributed by atoms with Gasteiger partial charge < -0.3 is 14.8 Å². The van der Waals surface area contributed by atoms with E-state index in [1.54, 1.807) is 32.2 Å². The first-order chi connectivity index (χ1) is 11.9. The van der Waals surface area contributed by atoms with E-state index in [2.05, 4.69) is 21.2 Å². The number of anilines is 1. The highest BCUT2D eigenvalue weighted by Gasteiger charge is 2.15. The van der Waals surface area contributed by atoms with Crippen LogP contribution in [0.25, 0.3) is 0 Å². The van der Waals surface area contributed by atoms with Gasteiger partial charge in [-0.2, -0.15) is 0 Å². The first-order valence-electron chi connectivity index (χ1n) is 7.73. The number of ether oxygens (including phenoxy) is 2. The largest absolute Gasteiger partial charge is 0.497 e. The monoisotopic (exact) mass is 405 g/mol. The minimum atomic E-state index is -0.351. The molecule has 0 spiro atoms. The van der Waals surface area contributed by atoms with Crippen LogP contribution in [-0.4, -0.2) is 30.7 Å². The van der Waals surface area contributed by atoms with E-state index < -0.39 is 0 Å². The Kier molecular flexibility index (Phi) is 6.58. The van der Waals surface area contributed by atoms with Crippen molar-refractivity contribution < 1.29 is 19.1 Å². The van der Waals surface area contributed by atoms with E-state index in [1.807, 2.05) is 24.3 Å². The molecule has 6 heteroatoms. The Bertz CT molecular complexity index is 757. The molecule has 1 amide bonds. The van der Waals surface area contributed by atoms with Crippen LogP contribution in [0.1, 0.15) is 22.8 Å². The lowest BCUT2D eigenvalue weighted by Crippen LogP contribution is -2.20. The maximum atomic E-state index is 12.5. The van der Waals surface area contributed by atoms with Crippen molar-refractivity contribution >= 4 is 33.3 Å². The summed E-state index contributed by atoms with van der Waals surface area (Å²) in [5, 5.41) is 2.76. The van der Waals surface area contributed by atoms with E-state index in [9.17, 15) is 9.59 Å². The van der Waals surface area contributed by atoms with E-state index in [0.717, 1.165) is 11.3 Å². The van der Waals surface area contributed by atoms with Crippen molar-refractivity contribution in [2.24, 2.45) is 0 Å². The lowest BCUT2D eigenvalue weighted by molar-refractivity contribution is -0.115. The molecule has 0 aromatic heterocycles. The number of amides is 1. The summed E-state index contributed by atoms with van der Waals surface area (Å²) in [6, 6.07) is 12.4. The minimum absolute atomic E-state index is 0.0461. The number of hydrogen-bond acceptors (Lipinski definition) is 4. The number of nitrogens with one attached hydrogen (secondary N) is 1. The molecule has 0 bridgehead atoms. The van der Waals surface area contributed by atoms with E-state index in [-0.39, 0.29) is 22.9 Å². The van der Waals surface area contributed by atoms with Crippen molar-refractivity contribution in [1.82, 2.24) is 0 Å². The van der Waals surface area contributed by atoms with Gasteiger partial charge in [0, 0.05) is 12.0 Å². The third-order valence-corrected chi connectivity index (χ3v) is 4.08. The summed E-state index contributed by atoms with van der Waals surface area (Å²) < 4.78 is 10.4. The minimum Gasteiger partial charge on any atom is -0.497 e. The zero-order valence-corrected chi connectivity index (χ0v) is 15.9. The van der Waals surface area contributed by atoms with Gasteiger partial charge in [0.05, 0.1) is 24.7 Å². The number of benzene rings is 2. The number of hydrogen-bond donors (Lipinski definition) is 1. The maximum Gasteiger partial charge on any atom is 0.237 e. The van der Waals surface area contributed by atoms with Crippen LogP contribution in [0.2, 0.25) is 0 Å². The van der Waals surface area contributed by atoms with Crippen molar-refractivity contribution in [1.29, 1.82) is 0 Å². The zero-order chi connectivity index (χ0) is 18.4. The summed E-state index contributed by atoms with van der Waals surface area (Å²) in [6.45, 7) is 1.72. The fourth-order valence-electron chi connectivity index (χ4n) is 2.24. The van der Waals surface area contributed by atoms with Crippen LogP contribution in [0.5, 0.6) is 11.5 Å². The molecule has 2 rings (SSSR count). The number of alkyl halides is 1. The van der Waals surface area contributed by atoms with Crippen molar-refractivity contribution in [3.63, 3.8) is 0 Å². The molecule has 0 saturated carbocycles. The molecular weight excluding hydrogens is 386 g/mol. The van der Waals surface area contributed by atoms with Crippen LogP contribution in [0.3, 0.4) is 0 Å². The Morgan fingerprint density at radius 2 is 1.76 bits per heavy atom. The van der Waals surface area contributed by atoms with Crippen LogP contribution in [0, 0.1) is 0 Å². The van der Waals surface area contributed by atoms with Gasteiger partial charge in [0.2, 0.25) is 5.91 Å². The number of carbonyl (C=O) groups is 2. The SMILES string of the molecule is COc1ccc(CC(=O)c2ccc(OC)c(NC(=O)C(C)Br)c2)cc1. The van der Waals surface area contributed by atoms with Gasteiger partial charge in [-0.15, -0.1) is 0 Å². The number of carbonyl (C=O) groups excluding carboxylic acids is 2. The van der Waals surface area contributed by atoms with Crippen molar-refractivity contribution in [2.45, 2.75) is 18.2 Å². The fourth-order valence-corrected chi connectivity index (χ4v) is 2.36. The second kappa shape index (κ2) is 8.67. The quantitative estimate of drug-likeness (QED) is 0.561. The van der Waals surface area contributed by atoms with E-state index >= 15 is 0 Å². The first kappa shape index (κ1) is 19.0. The van der Waals surface area contributed by atoms with Crippen LogP contribution in [0.4, 0.5) is 5.69 Å². The number of methoxy groups -OCH3 is 2. The van der Waals surface area contributed by atoms with Crippen LogP contribution in [0.15, 0.2) is 42.5 Å². The standard InChI is InChI=1S/C19H20BrNO4/c1-12(20)19(23)21-16-11-14(6-9-18(16)25-3)17(22)10-13-4-7-15(24-2)8-5-13/h4-9,11-12H,10H2,1-3H3,(H,21,23). The molecule has 0 radical (unpaired) electrons. The highest BCUT2D eigenvalue weighted by atomic mass is 79.9. The molecule has 0 saturated heterocycles. The maximum absolute atomic E-state index is 12.5. The lowest BCUT2D eigenvalue weighted by Gasteiger charge is -2.13. The van der Waals surface area contributed by atoms with E-state index in [1.165, 1.54) is 7.11 Å². The molecule has 2 aromatic carbocycles. The van der Waals surface area contributed by atoms with Gasteiger partial charge in [-0.05, 0) is 42.8 Å². The Morgan fingerprint density at radius 1 is 1.08 bits per heavy atom. The Balaban J connectivity index is 2.19. The van der Waals surface area contributed by atoms with Gasteiger partial charge in [0.15, 0.2) is 5.78 Å². The fraction of sp³-hybridized carbons (Fsp3) is 0.263. The predicted molar refractivity (Wildman–Crippen MR) is 101 cm³/mol. The number of ketones is 1. The van der Waals surface area contributed by atoms with Gasteiger partial charge in [-0.25, -0.2) is 0 Å². The topological polar surface area (TPSA) is 64.6 Å². The molecule has 1 N–H and O–H groups in total. The van der Waals surface area contributed by atoms with E-state index in [0.29, 0.717) is 17.0 Å². The molecule has 0 fully saturated rings. The third-order valence-electron chi connectivity index (χ3n) is 3.66. The summed E-state index contributed by atoms with van der Waals surface area (Å²) in [5.41, 5.74) is 1.87. The van der Waals surface area contributed by atoms with Crippen LogP contribution >= 0.6 is 15.9 Å². The van der Waals surface area contributed by atoms with Gasteiger partial charge in [-0.3, -0.25) is 9.59 Å². The van der Waals surface area contributed by atoms with E-state index in [4.69, 9.17) is 9.47 Å². The molecule has 0 aliphatic carbocycles. The van der Waals surface area contributed by atoms with Crippen LogP contribution in [-0.2, 0) is 11.2 Å². The highest BCUT2D eigenvalue weighted by molar-refractivity contribution is 9.10. The highest BCUT2D eigenvalue weighted by Crippen LogP contribution is 2.27. The molecule has 0 heterocycles.